The van der Waals surface area contributed by atoms with Crippen LogP contribution in [0.15, 0.2) is 59.8 Å². The first-order valence-electron chi connectivity index (χ1n) is 11.3. The van der Waals surface area contributed by atoms with Crippen molar-refractivity contribution in [3.05, 3.63) is 65.1 Å². The SMILES string of the molecule is CCC(CCCC=CC[C@@H]1[C@@H](C=C[C@@H](O)CCc2ccccc2)[C@H](O)C[C@@H]1O)N=O. The van der Waals surface area contributed by atoms with Crippen molar-refractivity contribution in [3.63, 3.8) is 0 Å². The van der Waals surface area contributed by atoms with Crippen LogP contribution in [0.25, 0.3) is 0 Å². The van der Waals surface area contributed by atoms with E-state index in [-0.39, 0.29) is 17.9 Å². The number of benzene rings is 1. The van der Waals surface area contributed by atoms with E-state index in [1.165, 1.54) is 5.56 Å². The summed E-state index contributed by atoms with van der Waals surface area (Å²) in [4.78, 5) is 10.6. The Balaban J connectivity index is 1.79. The number of aliphatic hydroxyl groups is 3. The molecule has 1 unspecified atom stereocenters. The lowest BCUT2D eigenvalue weighted by atomic mass is 9.89. The van der Waals surface area contributed by atoms with Crippen LogP contribution in [0.2, 0.25) is 0 Å². The number of unbranched alkanes of at least 4 members (excludes halogenated alkanes) is 1. The Hall–Kier alpha value is -1.82. The zero-order valence-electron chi connectivity index (χ0n) is 18.0. The van der Waals surface area contributed by atoms with E-state index in [4.69, 9.17) is 0 Å². The molecule has 1 aliphatic carbocycles. The Morgan fingerprint density at radius 3 is 2.60 bits per heavy atom. The molecular weight excluding hydrogens is 378 g/mol. The summed E-state index contributed by atoms with van der Waals surface area (Å²) in [6.45, 7) is 1.97. The molecule has 30 heavy (non-hydrogen) atoms. The molecule has 0 aromatic heterocycles. The number of rotatable bonds is 13. The number of aliphatic hydroxyl groups excluding tert-OH is 3. The molecule has 0 saturated heterocycles. The van der Waals surface area contributed by atoms with E-state index in [0.717, 1.165) is 32.1 Å². The minimum absolute atomic E-state index is 0.0474. The third-order valence-corrected chi connectivity index (χ3v) is 6.15. The number of nitrogens with zero attached hydrogens (tertiary/aromatic N) is 1. The summed E-state index contributed by atoms with van der Waals surface area (Å²) >= 11 is 0. The van der Waals surface area contributed by atoms with Crippen molar-refractivity contribution in [2.24, 2.45) is 17.0 Å². The minimum atomic E-state index is -0.583. The normalized spacial score (nSPS) is 26.4. The standard InChI is InChI=1S/C25H37NO4/c1-2-20(26-30)12-8-3-4-9-13-22-23(25(29)18-24(22)28)17-16-21(27)15-14-19-10-6-5-7-11-19/h4-7,9-11,16-17,20-25,27-29H,2-3,8,12-15,18H2,1H3/t20?,21-,22+,23+,24-,25+/m0/s1. The van der Waals surface area contributed by atoms with Crippen molar-refractivity contribution in [3.8, 4) is 0 Å². The number of allylic oxidation sites excluding steroid dienone is 2. The zero-order chi connectivity index (χ0) is 21.8. The van der Waals surface area contributed by atoms with Crippen molar-refractivity contribution >= 4 is 0 Å². The van der Waals surface area contributed by atoms with Crippen molar-refractivity contribution in [1.29, 1.82) is 0 Å². The predicted molar refractivity (Wildman–Crippen MR) is 121 cm³/mol. The summed E-state index contributed by atoms with van der Waals surface area (Å²) < 4.78 is 0. The number of aryl methyl sites for hydroxylation is 1. The maximum atomic E-state index is 10.6. The molecule has 3 N–H and O–H groups in total. The van der Waals surface area contributed by atoms with Crippen LogP contribution in [-0.4, -0.2) is 39.7 Å². The highest BCUT2D eigenvalue weighted by atomic mass is 16.3. The van der Waals surface area contributed by atoms with Gasteiger partial charge in [-0.05, 0) is 56.4 Å². The highest BCUT2D eigenvalue weighted by molar-refractivity contribution is 5.15. The predicted octanol–water partition coefficient (Wildman–Crippen LogP) is 4.56. The molecule has 5 nitrogen and oxygen atoms in total. The lowest BCUT2D eigenvalue weighted by Gasteiger charge is -2.19. The number of hydrogen-bond acceptors (Lipinski definition) is 5. The molecule has 0 amide bonds. The molecule has 1 saturated carbocycles. The molecule has 0 aliphatic heterocycles. The van der Waals surface area contributed by atoms with Crippen LogP contribution in [-0.2, 0) is 6.42 Å². The molecule has 5 heteroatoms. The number of nitroso groups, excluding NO2 is 1. The third kappa shape index (κ3) is 8.13. The summed E-state index contributed by atoms with van der Waals surface area (Å²) in [5, 5.41) is 34.1. The Bertz CT molecular complexity index is 660. The first kappa shape index (κ1) is 24.4. The van der Waals surface area contributed by atoms with Gasteiger partial charge in [0.05, 0.1) is 24.4 Å². The smallest absolute Gasteiger partial charge is 0.0917 e. The summed E-state index contributed by atoms with van der Waals surface area (Å²) in [6, 6.07) is 9.97. The molecular formula is C25H37NO4. The topological polar surface area (TPSA) is 90.1 Å². The maximum Gasteiger partial charge on any atom is 0.0917 e. The Morgan fingerprint density at radius 2 is 1.90 bits per heavy atom. The van der Waals surface area contributed by atoms with Gasteiger partial charge in [-0.3, -0.25) is 0 Å². The first-order valence-corrected chi connectivity index (χ1v) is 11.3. The van der Waals surface area contributed by atoms with Gasteiger partial charge in [-0.1, -0.05) is 66.7 Å². The lowest BCUT2D eigenvalue weighted by Crippen LogP contribution is -2.20. The quantitative estimate of drug-likeness (QED) is 0.250. The molecule has 6 atom stereocenters. The van der Waals surface area contributed by atoms with Gasteiger partial charge in [-0.2, -0.15) is 4.91 Å². The van der Waals surface area contributed by atoms with Crippen molar-refractivity contribution in [1.82, 2.24) is 0 Å². The first-order chi connectivity index (χ1) is 14.5. The molecule has 0 bridgehead atoms. The molecule has 1 aromatic rings. The molecule has 0 radical (unpaired) electrons. The van der Waals surface area contributed by atoms with E-state index in [1.54, 1.807) is 6.08 Å². The summed E-state index contributed by atoms with van der Waals surface area (Å²) in [7, 11) is 0. The van der Waals surface area contributed by atoms with E-state index >= 15 is 0 Å². The highest BCUT2D eigenvalue weighted by Gasteiger charge is 2.39. The monoisotopic (exact) mass is 415 g/mol. The third-order valence-electron chi connectivity index (χ3n) is 6.15. The average molecular weight is 416 g/mol. The van der Waals surface area contributed by atoms with Crippen LogP contribution in [0.3, 0.4) is 0 Å². The molecule has 2 rings (SSSR count). The summed E-state index contributed by atoms with van der Waals surface area (Å²) in [5.74, 6) is -0.200. The largest absolute Gasteiger partial charge is 0.393 e. The summed E-state index contributed by atoms with van der Waals surface area (Å²) in [5.41, 5.74) is 1.19. The van der Waals surface area contributed by atoms with Crippen molar-refractivity contribution in [2.45, 2.75) is 82.6 Å². The van der Waals surface area contributed by atoms with Gasteiger partial charge in [0.2, 0.25) is 0 Å². The van der Waals surface area contributed by atoms with Crippen molar-refractivity contribution in [2.75, 3.05) is 0 Å². The average Bonchev–Trinajstić information content (AvgIpc) is 3.03. The van der Waals surface area contributed by atoms with E-state index in [2.05, 4.69) is 17.3 Å². The van der Waals surface area contributed by atoms with E-state index < -0.39 is 18.3 Å². The molecule has 1 fully saturated rings. The minimum Gasteiger partial charge on any atom is -0.393 e. The van der Waals surface area contributed by atoms with Crippen LogP contribution < -0.4 is 0 Å². The van der Waals surface area contributed by atoms with E-state index in [0.29, 0.717) is 19.3 Å². The second kappa shape index (κ2) is 13.5. The van der Waals surface area contributed by atoms with Crippen LogP contribution in [0, 0.1) is 16.7 Å². The van der Waals surface area contributed by atoms with Gasteiger partial charge >= 0.3 is 0 Å². The fourth-order valence-corrected chi connectivity index (χ4v) is 4.19. The zero-order valence-corrected chi connectivity index (χ0v) is 18.0. The van der Waals surface area contributed by atoms with Crippen LogP contribution in [0.4, 0.5) is 0 Å². The van der Waals surface area contributed by atoms with E-state index in [9.17, 15) is 20.2 Å². The molecule has 1 aromatic carbocycles. The van der Waals surface area contributed by atoms with Crippen molar-refractivity contribution < 1.29 is 15.3 Å². The van der Waals surface area contributed by atoms with Gasteiger partial charge in [0, 0.05) is 12.3 Å². The van der Waals surface area contributed by atoms with Crippen LogP contribution >= 0.6 is 0 Å². The highest BCUT2D eigenvalue weighted by Crippen LogP contribution is 2.36. The Labute approximate surface area is 180 Å². The summed E-state index contributed by atoms with van der Waals surface area (Å²) in [6.07, 6.45) is 12.0. The van der Waals surface area contributed by atoms with E-state index in [1.807, 2.05) is 43.3 Å². The van der Waals surface area contributed by atoms with Crippen LogP contribution in [0.5, 0.6) is 0 Å². The second-order valence-electron chi connectivity index (χ2n) is 8.39. The Kier molecular flexibility index (Phi) is 11.0. The van der Waals surface area contributed by atoms with Gasteiger partial charge in [-0.25, -0.2) is 0 Å². The van der Waals surface area contributed by atoms with Gasteiger partial charge in [0.15, 0.2) is 0 Å². The maximum absolute atomic E-state index is 10.6. The second-order valence-corrected chi connectivity index (χ2v) is 8.39. The molecule has 0 spiro atoms. The van der Waals surface area contributed by atoms with Gasteiger partial charge in [-0.15, -0.1) is 0 Å². The molecule has 0 heterocycles. The van der Waals surface area contributed by atoms with Crippen LogP contribution in [0.1, 0.15) is 57.4 Å². The lowest BCUT2D eigenvalue weighted by molar-refractivity contribution is 0.120. The molecule has 166 valence electrons. The van der Waals surface area contributed by atoms with Gasteiger partial charge < -0.3 is 15.3 Å². The van der Waals surface area contributed by atoms with Gasteiger partial charge in [0.25, 0.3) is 0 Å². The fraction of sp³-hybridized carbons (Fsp3) is 0.600. The van der Waals surface area contributed by atoms with Gasteiger partial charge in [0.1, 0.15) is 0 Å². The Morgan fingerprint density at radius 1 is 1.13 bits per heavy atom. The number of hydrogen-bond donors (Lipinski definition) is 3. The molecule has 1 aliphatic rings. The fourth-order valence-electron chi connectivity index (χ4n) is 4.19.